The Bertz CT molecular complexity index is 1480. The van der Waals surface area contributed by atoms with Gasteiger partial charge in [0, 0.05) is 19.6 Å². The maximum atomic E-state index is 13.8. The van der Waals surface area contributed by atoms with Crippen LogP contribution in [0.3, 0.4) is 0 Å². The topological polar surface area (TPSA) is 78.5 Å². The second kappa shape index (κ2) is 11.5. The zero-order valence-electron chi connectivity index (χ0n) is 23.5. The molecule has 2 aliphatic heterocycles. The summed E-state index contributed by atoms with van der Waals surface area (Å²) in [7, 11) is 0. The van der Waals surface area contributed by atoms with Crippen LogP contribution < -0.4 is 4.74 Å². The SMILES string of the molecule is Cc1nc2ccc(-c3ccc4c(c3)CC(C)C(CC(=O)N3CCC(CO)CC3c3ccccc3)CCO4)cc2[nH]1. The zero-order chi connectivity index (χ0) is 27.6. The van der Waals surface area contributed by atoms with Crippen LogP contribution in [0.1, 0.15) is 55.6 Å². The number of aliphatic hydroxyl groups is 1. The number of likely N-dealkylation sites (tertiary alicyclic amines) is 1. The van der Waals surface area contributed by atoms with Crippen LogP contribution >= 0.6 is 0 Å². The van der Waals surface area contributed by atoms with Gasteiger partial charge in [-0.25, -0.2) is 4.98 Å². The number of nitrogens with one attached hydrogen (secondary N) is 1. The van der Waals surface area contributed by atoms with Crippen LogP contribution in [0.15, 0.2) is 66.7 Å². The van der Waals surface area contributed by atoms with Gasteiger partial charge in [-0.15, -0.1) is 0 Å². The van der Waals surface area contributed by atoms with Gasteiger partial charge in [0.1, 0.15) is 11.6 Å². The number of aliphatic hydroxyl groups excluding tert-OH is 1. The molecule has 4 atom stereocenters. The van der Waals surface area contributed by atoms with Crippen molar-refractivity contribution in [2.24, 2.45) is 17.8 Å². The number of piperidine rings is 1. The molecule has 4 aromatic rings. The maximum Gasteiger partial charge on any atom is 0.223 e. The minimum absolute atomic E-state index is 0.0268. The van der Waals surface area contributed by atoms with E-state index in [-0.39, 0.29) is 30.4 Å². The number of benzene rings is 3. The van der Waals surface area contributed by atoms with Gasteiger partial charge in [0.25, 0.3) is 0 Å². The van der Waals surface area contributed by atoms with Crippen molar-refractivity contribution in [3.05, 3.63) is 83.7 Å². The van der Waals surface area contributed by atoms with Crippen molar-refractivity contribution in [3.8, 4) is 16.9 Å². The number of hydrogen-bond donors (Lipinski definition) is 2. The summed E-state index contributed by atoms with van der Waals surface area (Å²) in [6.07, 6.45) is 3.95. The largest absolute Gasteiger partial charge is 0.493 e. The van der Waals surface area contributed by atoms with Gasteiger partial charge in [0.2, 0.25) is 5.91 Å². The van der Waals surface area contributed by atoms with Gasteiger partial charge in [-0.05, 0) is 96.9 Å². The zero-order valence-corrected chi connectivity index (χ0v) is 23.5. The van der Waals surface area contributed by atoms with E-state index in [1.807, 2.05) is 25.1 Å². The lowest BCUT2D eigenvalue weighted by atomic mass is 9.81. The predicted molar refractivity (Wildman–Crippen MR) is 158 cm³/mol. The minimum atomic E-state index is 0.0268. The summed E-state index contributed by atoms with van der Waals surface area (Å²) in [6.45, 7) is 5.76. The Hall–Kier alpha value is -3.64. The third kappa shape index (κ3) is 5.50. The monoisotopic (exact) mass is 537 g/mol. The van der Waals surface area contributed by atoms with Crippen LogP contribution in [-0.4, -0.2) is 45.6 Å². The lowest BCUT2D eigenvalue weighted by Gasteiger charge is -2.40. The fraction of sp³-hybridized carbons (Fsp3) is 0.412. The highest BCUT2D eigenvalue weighted by molar-refractivity contribution is 5.82. The number of imidazole rings is 1. The Morgan fingerprint density at radius 1 is 1.07 bits per heavy atom. The molecule has 40 heavy (non-hydrogen) atoms. The van der Waals surface area contributed by atoms with Gasteiger partial charge in [-0.2, -0.15) is 0 Å². The first kappa shape index (κ1) is 26.6. The summed E-state index contributed by atoms with van der Waals surface area (Å²) in [5.41, 5.74) is 6.70. The molecule has 1 fully saturated rings. The summed E-state index contributed by atoms with van der Waals surface area (Å²) >= 11 is 0. The Morgan fingerprint density at radius 2 is 1.88 bits per heavy atom. The fourth-order valence-electron chi connectivity index (χ4n) is 6.63. The highest BCUT2D eigenvalue weighted by Gasteiger charge is 2.34. The molecule has 6 nitrogen and oxygen atoms in total. The maximum absolute atomic E-state index is 13.8. The summed E-state index contributed by atoms with van der Waals surface area (Å²) in [4.78, 5) is 23.7. The molecular formula is C34H39N3O3. The standard InChI is InChI=1S/C34H39N3O3/c1-22-16-29-18-27(28-8-10-30-31(19-28)36-23(2)35-30)9-11-33(29)40-15-13-26(22)20-34(39)37-14-12-24(21-38)17-32(37)25-6-4-3-5-7-25/h3-11,18-19,22,24,26,32,38H,12-17,20-21H2,1-2H3,(H,35,36). The van der Waals surface area contributed by atoms with E-state index >= 15 is 0 Å². The van der Waals surface area contributed by atoms with Crippen LogP contribution in [-0.2, 0) is 11.2 Å². The Kier molecular flexibility index (Phi) is 7.61. The molecule has 4 unspecified atom stereocenters. The number of hydrogen-bond acceptors (Lipinski definition) is 4. The Balaban J connectivity index is 1.19. The lowest BCUT2D eigenvalue weighted by molar-refractivity contribution is -0.137. The van der Waals surface area contributed by atoms with Crippen LogP contribution in [0.2, 0.25) is 0 Å². The third-order valence-electron chi connectivity index (χ3n) is 9.00. The normalized spacial score (nSPS) is 23.2. The summed E-state index contributed by atoms with van der Waals surface area (Å²) in [5, 5.41) is 9.83. The second-order valence-corrected chi connectivity index (χ2v) is 11.7. The van der Waals surface area contributed by atoms with Crippen molar-refractivity contribution in [1.82, 2.24) is 14.9 Å². The van der Waals surface area contributed by atoms with E-state index in [0.717, 1.165) is 65.0 Å². The number of nitrogens with zero attached hydrogens (tertiary/aromatic N) is 2. The summed E-state index contributed by atoms with van der Waals surface area (Å²) < 4.78 is 6.25. The van der Waals surface area contributed by atoms with Crippen molar-refractivity contribution in [2.75, 3.05) is 19.8 Å². The van der Waals surface area contributed by atoms with Gasteiger partial charge >= 0.3 is 0 Å². The number of carbonyl (C=O) groups excluding carboxylic acids is 1. The van der Waals surface area contributed by atoms with Crippen molar-refractivity contribution in [3.63, 3.8) is 0 Å². The van der Waals surface area contributed by atoms with Gasteiger partial charge in [0.05, 0.1) is 23.7 Å². The highest BCUT2D eigenvalue weighted by Crippen LogP contribution is 2.38. The number of aromatic amines is 1. The molecule has 0 saturated carbocycles. The van der Waals surface area contributed by atoms with E-state index in [1.54, 1.807) is 0 Å². The molecule has 2 aliphatic rings. The first-order chi connectivity index (χ1) is 19.5. The second-order valence-electron chi connectivity index (χ2n) is 11.7. The summed E-state index contributed by atoms with van der Waals surface area (Å²) in [5.74, 6) is 2.94. The molecule has 0 bridgehead atoms. The molecule has 1 amide bonds. The van der Waals surface area contributed by atoms with Crippen molar-refractivity contribution in [2.45, 2.75) is 52.0 Å². The lowest BCUT2D eigenvalue weighted by Crippen LogP contribution is -2.43. The Labute approximate surface area is 236 Å². The van der Waals surface area contributed by atoms with Crippen LogP contribution in [0, 0.1) is 24.7 Å². The Morgan fingerprint density at radius 3 is 2.70 bits per heavy atom. The number of aryl methyl sites for hydroxylation is 1. The molecule has 6 heteroatoms. The third-order valence-corrected chi connectivity index (χ3v) is 9.00. The van der Waals surface area contributed by atoms with E-state index in [0.29, 0.717) is 25.5 Å². The number of amides is 1. The average molecular weight is 538 g/mol. The van der Waals surface area contributed by atoms with Gasteiger partial charge in [-0.3, -0.25) is 4.79 Å². The molecule has 2 N–H and O–H groups in total. The predicted octanol–water partition coefficient (Wildman–Crippen LogP) is 6.48. The van der Waals surface area contributed by atoms with E-state index in [2.05, 4.69) is 70.3 Å². The van der Waals surface area contributed by atoms with E-state index in [9.17, 15) is 9.90 Å². The first-order valence-corrected chi connectivity index (χ1v) is 14.7. The van der Waals surface area contributed by atoms with Crippen molar-refractivity contribution >= 4 is 16.9 Å². The molecule has 0 spiro atoms. The molecule has 1 saturated heterocycles. The molecule has 3 heterocycles. The van der Waals surface area contributed by atoms with Crippen LogP contribution in [0.4, 0.5) is 0 Å². The molecule has 208 valence electrons. The van der Waals surface area contributed by atoms with Crippen LogP contribution in [0.5, 0.6) is 5.75 Å². The average Bonchev–Trinajstić information content (AvgIpc) is 3.35. The fourth-order valence-corrected chi connectivity index (χ4v) is 6.63. The molecule has 3 aromatic carbocycles. The number of aromatic nitrogens is 2. The number of rotatable bonds is 5. The smallest absolute Gasteiger partial charge is 0.223 e. The minimum Gasteiger partial charge on any atom is -0.493 e. The van der Waals surface area contributed by atoms with E-state index < -0.39 is 0 Å². The van der Waals surface area contributed by atoms with Crippen LogP contribution in [0.25, 0.3) is 22.2 Å². The first-order valence-electron chi connectivity index (χ1n) is 14.7. The summed E-state index contributed by atoms with van der Waals surface area (Å²) in [6, 6.07) is 23.2. The van der Waals surface area contributed by atoms with Gasteiger partial charge < -0.3 is 19.7 Å². The number of H-pyrrole nitrogens is 1. The van der Waals surface area contributed by atoms with Crippen molar-refractivity contribution < 1.29 is 14.6 Å². The highest BCUT2D eigenvalue weighted by atomic mass is 16.5. The van der Waals surface area contributed by atoms with E-state index in [1.165, 1.54) is 5.56 Å². The number of fused-ring (bicyclic) bond motifs is 2. The van der Waals surface area contributed by atoms with E-state index in [4.69, 9.17) is 4.74 Å². The van der Waals surface area contributed by atoms with Crippen molar-refractivity contribution in [1.29, 1.82) is 0 Å². The molecule has 1 aromatic heterocycles. The number of ether oxygens (including phenoxy) is 1. The van der Waals surface area contributed by atoms with Gasteiger partial charge in [0.15, 0.2) is 0 Å². The quantitative estimate of drug-likeness (QED) is 0.306. The molecule has 0 radical (unpaired) electrons. The molecule has 6 rings (SSSR count). The molecule has 0 aliphatic carbocycles. The number of carbonyl (C=O) groups is 1. The molecular weight excluding hydrogens is 498 g/mol. The van der Waals surface area contributed by atoms with Gasteiger partial charge in [-0.1, -0.05) is 49.4 Å².